The van der Waals surface area contributed by atoms with Gasteiger partial charge in [-0.1, -0.05) is 23.7 Å². The van der Waals surface area contributed by atoms with Crippen molar-refractivity contribution in [1.29, 1.82) is 0 Å². The average molecular weight is 383 g/mol. The van der Waals surface area contributed by atoms with E-state index in [9.17, 15) is 18.0 Å². The topological polar surface area (TPSA) is 102 Å². The summed E-state index contributed by atoms with van der Waals surface area (Å²) in [5, 5.41) is 0.300. The van der Waals surface area contributed by atoms with Crippen molar-refractivity contribution in [3.05, 3.63) is 58.6 Å². The lowest BCUT2D eigenvalue weighted by Gasteiger charge is -2.11. The van der Waals surface area contributed by atoms with E-state index < -0.39 is 15.9 Å². The third-order valence-corrected chi connectivity index (χ3v) is 4.77. The van der Waals surface area contributed by atoms with E-state index in [4.69, 9.17) is 16.3 Å². The van der Waals surface area contributed by atoms with Crippen molar-refractivity contribution in [3.63, 3.8) is 0 Å². The first-order valence-corrected chi connectivity index (χ1v) is 8.87. The Morgan fingerprint density at radius 1 is 1.08 bits per heavy atom. The number of rotatable bonds is 6. The lowest BCUT2D eigenvalue weighted by Crippen LogP contribution is -2.41. The molecule has 0 aliphatic heterocycles. The minimum atomic E-state index is -4.00. The van der Waals surface area contributed by atoms with Gasteiger partial charge in [-0.05, 0) is 37.3 Å². The molecule has 2 rings (SSSR count). The van der Waals surface area contributed by atoms with Gasteiger partial charge in [0.1, 0.15) is 5.75 Å². The first-order chi connectivity index (χ1) is 11.7. The minimum absolute atomic E-state index is 0.0737. The largest absolute Gasteiger partial charge is 0.496 e. The van der Waals surface area contributed by atoms with Crippen LogP contribution < -0.4 is 15.0 Å². The number of halogens is 1. The molecule has 0 atom stereocenters. The molecule has 7 nitrogen and oxygen atoms in total. The van der Waals surface area contributed by atoms with Gasteiger partial charge in [-0.2, -0.15) is 0 Å². The lowest BCUT2D eigenvalue weighted by atomic mass is 10.2. The summed E-state index contributed by atoms with van der Waals surface area (Å²) in [7, 11) is -2.63. The zero-order valence-electron chi connectivity index (χ0n) is 13.4. The molecule has 2 aromatic rings. The summed E-state index contributed by atoms with van der Waals surface area (Å²) < 4.78 is 29.4. The molecule has 0 spiro atoms. The highest BCUT2D eigenvalue weighted by molar-refractivity contribution is 7.89. The predicted octanol–water partition coefficient (Wildman–Crippen LogP) is 2.17. The molecule has 0 heterocycles. The van der Waals surface area contributed by atoms with Crippen LogP contribution in [-0.2, 0) is 10.0 Å². The number of hydrazine groups is 1. The highest BCUT2D eigenvalue weighted by Gasteiger charge is 2.18. The number of hydrogen-bond acceptors (Lipinski definition) is 5. The first-order valence-electron chi connectivity index (χ1n) is 7.01. The molecule has 0 saturated heterocycles. The van der Waals surface area contributed by atoms with Crippen LogP contribution in [0, 0.1) is 0 Å². The van der Waals surface area contributed by atoms with Gasteiger partial charge >= 0.3 is 0 Å². The summed E-state index contributed by atoms with van der Waals surface area (Å²) in [4.78, 5) is 25.3. The minimum Gasteiger partial charge on any atom is -0.496 e. The molecule has 0 radical (unpaired) electrons. The lowest BCUT2D eigenvalue weighted by molar-refractivity contribution is 0.0941. The Balaban J connectivity index is 2.15. The number of benzene rings is 2. The predicted molar refractivity (Wildman–Crippen MR) is 92.2 cm³/mol. The highest BCUT2D eigenvalue weighted by Crippen LogP contribution is 2.22. The summed E-state index contributed by atoms with van der Waals surface area (Å²) in [5.41, 5.74) is 2.55. The van der Waals surface area contributed by atoms with E-state index in [1.807, 2.05) is 4.83 Å². The fraction of sp³-hybridized carbons (Fsp3) is 0.125. The third kappa shape index (κ3) is 4.56. The van der Waals surface area contributed by atoms with Gasteiger partial charge in [0.25, 0.3) is 15.9 Å². The fourth-order valence-electron chi connectivity index (χ4n) is 1.97. The summed E-state index contributed by atoms with van der Waals surface area (Å²) in [6.07, 6.45) is 0. The maximum absolute atomic E-state index is 12.2. The number of ether oxygens (including phenoxy) is 1. The number of ketones is 1. The number of methoxy groups -OCH3 is 1. The number of sulfonamides is 1. The van der Waals surface area contributed by atoms with Gasteiger partial charge in [0.05, 0.1) is 17.6 Å². The molecular formula is C16H15ClN2O5S. The van der Waals surface area contributed by atoms with Crippen LogP contribution in [0.15, 0.2) is 47.4 Å². The average Bonchev–Trinajstić information content (AvgIpc) is 2.59. The molecule has 9 heteroatoms. The van der Waals surface area contributed by atoms with Crippen molar-refractivity contribution < 1.29 is 22.7 Å². The first kappa shape index (κ1) is 18.9. The Labute approximate surface area is 150 Å². The van der Waals surface area contributed by atoms with Crippen molar-refractivity contribution >= 4 is 33.3 Å². The zero-order chi connectivity index (χ0) is 18.6. The van der Waals surface area contributed by atoms with Crippen molar-refractivity contribution in [2.75, 3.05) is 7.11 Å². The molecule has 1 amide bonds. The van der Waals surface area contributed by atoms with Crippen molar-refractivity contribution in [2.24, 2.45) is 0 Å². The molecule has 0 aromatic heterocycles. The zero-order valence-corrected chi connectivity index (χ0v) is 14.9. The number of Topliss-reactive ketones (excluding diaryl/α,β-unsaturated/α-hetero) is 1. The maximum Gasteiger partial charge on any atom is 0.270 e. The summed E-state index contributed by atoms with van der Waals surface area (Å²) in [6, 6.07) is 9.70. The number of amides is 1. The molecule has 0 bridgehead atoms. The second-order valence-corrected chi connectivity index (χ2v) is 7.10. The fourth-order valence-corrected chi connectivity index (χ4v) is 2.98. The van der Waals surface area contributed by atoms with Crippen LogP contribution in [0.5, 0.6) is 5.75 Å². The van der Waals surface area contributed by atoms with Gasteiger partial charge in [0.2, 0.25) is 0 Å². The van der Waals surface area contributed by atoms with Crippen LogP contribution >= 0.6 is 11.6 Å². The molecule has 0 aliphatic rings. The summed E-state index contributed by atoms with van der Waals surface area (Å²) >= 11 is 5.84. The van der Waals surface area contributed by atoms with E-state index >= 15 is 0 Å². The van der Waals surface area contributed by atoms with Gasteiger partial charge in [-0.15, -0.1) is 4.83 Å². The molecule has 25 heavy (non-hydrogen) atoms. The van der Waals surface area contributed by atoms with Crippen molar-refractivity contribution in [3.8, 4) is 5.75 Å². The molecular weight excluding hydrogens is 368 g/mol. The summed E-state index contributed by atoms with van der Waals surface area (Å²) in [5.74, 6) is -0.673. The Kier molecular flexibility index (Phi) is 5.78. The molecule has 2 aromatic carbocycles. The number of carbonyl (C=O) groups excluding carboxylic acids is 2. The van der Waals surface area contributed by atoms with E-state index in [1.165, 1.54) is 56.5 Å². The second kappa shape index (κ2) is 7.64. The molecule has 0 fully saturated rings. The van der Waals surface area contributed by atoms with Crippen molar-refractivity contribution in [1.82, 2.24) is 10.3 Å². The molecule has 0 saturated carbocycles. The van der Waals surface area contributed by atoms with Crippen LogP contribution in [0.25, 0.3) is 0 Å². The Bertz CT molecular complexity index is 911. The van der Waals surface area contributed by atoms with Gasteiger partial charge in [-0.25, -0.2) is 8.42 Å². The van der Waals surface area contributed by atoms with Gasteiger partial charge in [0, 0.05) is 10.6 Å². The quantitative estimate of drug-likeness (QED) is 0.589. The van der Waals surface area contributed by atoms with Gasteiger partial charge in [-0.3, -0.25) is 15.0 Å². The van der Waals surface area contributed by atoms with E-state index in [2.05, 4.69) is 5.43 Å². The number of carbonyl (C=O) groups is 2. The standard InChI is InChI=1S/C16H15ClN2O5S/c1-10(20)11-3-6-13(7-4-11)25(22,23)19-18-16(21)14-9-12(17)5-8-15(14)24-2/h3-9,19H,1-2H3,(H,18,21). The number of hydrogen-bond donors (Lipinski definition) is 2. The second-order valence-electron chi connectivity index (χ2n) is 4.98. The van der Waals surface area contributed by atoms with Crippen LogP contribution in [0.4, 0.5) is 0 Å². The van der Waals surface area contributed by atoms with Crippen LogP contribution in [0.3, 0.4) is 0 Å². The van der Waals surface area contributed by atoms with E-state index in [0.29, 0.717) is 10.6 Å². The van der Waals surface area contributed by atoms with Gasteiger partial charge in [0.15, 0.2) is 5.78 Å². The normalized spacial score (nSPS) is 11.0. The molecule has 132 valence electrons. The molecule has 0 unspecified atom stereocenters. The van der Waals surface area contributed by atoms with Gasteiger partial charge < -0.3 is 4.74 Å². The van der Waals surface area contributed by atoms with Crippen LogP contribution in [-0.4, -0.2) is 27.2 Å². The maximum atomic E-state index is 12.2. The smallest absolute Gasteiger partial charge is 0.270 e. The Morgan fingerprint density at radius 2 is 1.72 bits per heavy atom. The Hall–Kier alpha value is -2.42. The van der Waals surface area contributed by atoms with E-state index in [1.54, 1.807) is 0 Å². The van der Waals surface area contributed by atoms with Crippen LogP contribution in [0.1, 0.15) is 27.6 Å². The third-order valence-electron chi connectivity index (χ3n) is 3.28. The Morgan fingerprint density at radius 3 is 2.28 bits per heavy atom. The number of nitrogens with one attached hydrogen (secondary N) is 2. The molecule has 2 N–H and O–H groups in total. The highest BCUT2D eigenvalue weighted by atomic mass is 35.5. The van der Waals surface area contributed by atoms with E-state index in [0.717, 1.165) is 0 Å². The summed E-state index contributed by atoms with van der Waals surface area (Å²) in [6.45, 7) is 1.38. The van der Waals surface area contributed by atoms with Crippen molar-refractivity contribution in [2.45, 2.75) is 11.8 Å². The monoisotopic (exact) mass is 382 g/mol. The SMILES string of the molecule is COc1ccc(Cl)cc1C(=O)NNS(=O)(=O)c1ccc(C(C)=O)cc1. The molecule has 0 aliphatic carbocycles. The van der Waals surface area contributed by atoms with Crippen LogP contribution in [0.2, 0.25) is 5.02 Å². The van der Waals surface area contributed by atoms with E-state index in [-0.39, 0.29) is 22.0 Å².